The number of nitrogens with zero attached hydrogens (tertiary/aromatic N) is 2. The van der Waals surface area contributed by atoms with Gasteiger partial charge in [0.05, 0.1) is 0 Å². The van der Waals surface area contributed by atoms with Crippen molar-refractivity contribution in [1.29, 1.82) is 0 Å². The van der Waals surface area contributed by atoms with E-state index in [1.807, 2.05) is 0 Å². The predicted octanol–water partition coefficient (Wildman–Crippen LogP) is 1.94. The van der Waals surface area contributed by atoms with Gasteiger partial charge in [-0.2, -0.15) is 0 Å². The highest BCUT2D eigenvalue weighted by atomic mass is 19.2. The Hall–Kier alpha value is -2.31. The van der Waals surface area contributed by atoms with Crippen LogP contribution in [-0.2, 0) is 11.2 Å². The first kappa shape index (κ1) is 14.1. The van der Waals surface area contributed by atoms with E-state index in [-0.39, 0.29) is 12.0 Å². The van der Waals surface area contributed by atoms with E-state index < -0.39 is 29.4 Å². The van der Waals surface area contributed by atoms with Crippen LogP contribution in [-0.4, -0.2) is 15.5 Å². The van der Waals surface area contributed by atoms with Crippen molar-refractivity contribution in [1.82, 2.24) is 9.55 Å². The Morgan fingerprint density at radius 1 is 1.35 bits per heavy atom. The molecule has 7 heteroatoms. The number of aromatic nitrogens is 2. The van der Waals surface area contributed by atoms with Gasteiger partial charge < -0.3 is 10.3 Å². The van der Waals surface area contributed by atoms with E-state index in [1.54, 1.807) is 6.92 Å². The molecular formula is C13H12F3N3O. The number of carbonyl (C=O) groups is 1. The first-order valence-corrected chi connectivity index (χ1v) is 5.85. The van der Waals surface area contributed by atoms with Gasteiger partial charge in [0.25, 0.3) is 0 Å². The number of hydrogen-bond donors (Lipinski definition) is 1. The number of nitrogens with two attached hydrogens (primary N) is 1. The van der Waals surface area contributed by atoms with Gasteiger partial charge in [-0.25, -0.2) is 18.2 Å². The molecule has 0 fully saturated rings. The van der Waals surface area contributed by atoms with Crippen LogP contribution in [0.5, 0.6) is 0 Å². The van der Waals surface area contributed by atoms with E-state index in [0.29, 0.717) is 5.82 Å². The molecule has 1 heterocycles. The van der Waals surface area contributed by atoms with Crippen LogP contribution in [0.15, 0.2) is 24.5 Å². The van der Waals surface area contributed by atoms with Gasteiger partial charge in [0.1, 0.15) is 11.9 Å². The van der Waals surface area contributed by atoms with Gasteiger partial charge in [0, 0.05) is 18.8 Å². The summed E-state index contributed by atoms with van der Waals surface area (Å²) >= 11 is 0. The number of hydrogen-bond acceptors (Lipinski definition) is 2. The smallest absolute Gasteiger partial charge is 0.240 e. The Bertz CT molecular complexity index is 654. The zero-order valence-electron chi connectivity index (χ0n) is 10.6. The van der Waals surface area contributed by atoms with Crippen LogP contribution >= 0.6 is 0 Å². The molecule has 4 nitrogen and oxygen atoms in total. The van der Waals surface area contributed by atoms with Crippen molar-refractivity contribution in [3.63, 3.8) is 0 Å². The van der Waals surface area contributed by atoms with Gasteiger partial charge in [-0.1, -0.05) is 6.07 Å². The summed E-state index contributed by atoms with van der Waals surface area (Å²) in [4.78, 5) is 15.1. The van der Waals surface area contributed by atoms with Gasteiger partial charge in [-0.15, -0.1) is 0 Å². The number of carbonyl (C=O) groups excluding carboxylic acids is 1. The minimum absolute atomic E-state index is 0.0481. The van der Waals surface area contributed by atoms with Gasteiger partial charge in [-0.05, 0) is 18.6 Å². The van der Waals surface area contributed by atoms with Crippen LogP contribution in [0.1, 0.15) is 24.4 Å². The molecule has 1 unspecified atom stereocenters. The van der Waals surface area contributed by atoms with E-state index in [4.69, 9.17) is 5.73 Å². The van der Waals surface area contributed by atoms with Crippen molar-refractivity contribution in [3.05, 3.63) is 53.4 Å². The molecule has 0 radical (unpaired) electrons. The fourth-order valence-electron chi connectivity index (χ4n) is 1.84. The standard InChI is InChI=1S/C13H12F3N3O/c1-7(13(17)20)19-5-4-18-10(19)6-8-2-3-9(14)12(16)11(8)15/h2-5,7H,6H2,1H3,(H2,17,20). The quantitative estimate of drug-likeness (QED) is 0.872. The minimum Gasteiger partial charge on any atom is -0.368 e. The van der Waals surface area contributed by atoms with Crippen LogP contribution in [0.25, 0.3) is 0 Å². The second-order valence-corrected chi connectivity index (χ2v) is 4.34. The van der Waals surface area contributed by atoms with Crippen molar-refractivity contribution in [3.8, 4) is 0 Å². The summed E-state index contributed by atoms with van der Waals surface area (Å²) in [7, 11) is 0. The lowest BCUT2D eigenvalue weighted by Gasteiger charge is -2.13. The zero-order chi connectivity index (χ0) is 14.9. The monoisotopic (exact) mass is 283 g/mol. The summed E-state index contributed by atoms with van der Waals surface area (Å²) in [6, 6.07) is 1.32. The molecule has 1 aromatic carbocycles. The van der Waals surface area contributed by atoms with Gasteiger partial charge in [0.2, 0.25) is 5.91 Å². The second kappa shape index (κ2) is 5.36. The normalized spacial score (nSPS) is 12.4. The van der Waals surface area contributed by atoms with E-state index in [0.717, 1.165) is 12.1 Å². The maximum absolute atomic E-state index is 13.6. The molecular weight excluding hydrogens is 271 g/mol. The Morgan fingerprint density at radius 3 is 2.70 bits per heavy atom. The van der Waals surface area contributed by atoms with Crippen LogP contribution < -0.4 is 5.73 Å². The molecule has 2 aromatic rings. The first-order chi connectivity index (χ1) is 9.41. The average molecular weight is 283 g/mol. The van der Waals surface area contributed by atoms with E-state index >= 15 is 0 Å². The Balaban J connectivity index is 2.35. The molecule has 0 aliphatic heterocycles. The van der Waals surface area contributed by atoms with E-state index in [1.165, 1.54) is 17.0 Å². The molecule has 2 rings (SSSR count). The summed E-state index contributed by atoms with van der Waals surface area (Å²) in [5.41, 5.74) is 5.14. The number of primary amides is 1. The van der Waals surface area contributed by atoms with Crippen LogP contribution in [0.3, 0.4) is 0 Å². The SMILES string of the molecule is CC(C(N)=O)n1ccnc1Cc1ccc(F)c(F)c1F. The van der Waals surface area contributed by atoms with Crippen molar-refractivity contribution in [2.24, 2.45) is 5.73 Å². The summed E-state index contributed by atoms with van der Waals surface area (Å²) in [6.07, 6.45) is 2.86. The molecule has 0 saturated heterocycles. The fraction of sp³-hybridized carbons (Fsp3) is 0.231. The maximum Gasteiger partial charge on any atom is 0.240 e. The third kappa shape index (κ3) is 2.52. The second-order valence-electron chi connectivity index (χ2n) is 4.34. The first-order valence-electron chi connectivity index (χ1n) is 5.85. The van der Waals surface area contributed by atoms with Gasteiger partial charge in [-0.3, -0.25) is 4.79 Å². The highest BCUT2D eigenvalue weighted by molar-refractivity contribution is 5.77. The summed E-state index contributed by atoms with van der Waals surface area (Å²) in [6.45, 7) is 1.56. The lowest BCUT2D eigenvalue weighted by Crippen LogP contribution is -2.25. The van der Waals surface area contributed by atoms with E-state index in [2.05, 4.69) is 4.98 Å². The number of amides is 1. The Kier molecular flexibility index (Phi) is 3.78. The molecule has 0 bridgehead atoms. The fourth-order valence-corrected chi connectivity index (χ4v) is 1.84. The van der Waals surface area contributed by atoms with Crippen molar-refractivity contribution in [2.75, 3.05) is 0 Å². The Morgan fingerprint density at radius 2 is 2.05 bits per heavy atom. The number of rotatable bonds is 4. The molecule has 2 N–H and O–H groups in total. The topological polar surface area (TPSA) is 60.9 Å². The molecule has 1 atom stereocenters. The summed E-state index contributed by atoms with van der Waals surface area (Å²) in [5, 5.41) is 0. The molecule has 20 heavy (non-hydrogen) atoms. The number of imidazole rings is 1. The van der Waals surface area contributed by atoms with Gasteiger partial charge in [0.15, 0.2) is 17.5 Å². The van der Waals surface area contributed by atoms with Crippen molar-refractivity contribution < 1.29 is 18.0 Å². The van der Waals surface area contributed by atoms with Gasteiger partial charge >= 0.3 is 0 Å². The average Bonchev–Trinajstić information content (AvgIpc) is 2.86. The summed E-state index contributed by atoms with van der Waals surface area (Å²) in [5.74, 6) is -4.27. The Labute approximate surface area is 113 Å². The molecule has 0 saturated carbocycles. The highest BCUT2D eigenvalue weighted by Gasteiger charge is 2.18. The lowest BCUT2D eigenvalue weighted by molar-refractivity contribution is -0.120. The predicted molar refractivity (Wildman–Crippen MR) is 65.3 cm³/mol. The van der Waals surface area contributed by atoms with Crippen LogP contribution in [0.4, 0.5) is 13.2 Å². The number of halogens is 3. The van der Waals surface area contributed by atoms with Crippen molar-refractivity contribution >= 4 is 5.91 Å². The molecule has 0 spiro atoms. The van der Waals surface area contributed by atoms with E-state index in [9.17, 15) is 18.0 Å². The highest BCUT2D eigenvalue weighted by Crippen LogP contribution is 2.19. The molecule has 1 amide bonds. The third-order valence-corrected chi connectivity index (χ3v) is 3.04. The van der Waals surface area contributed by atoms with Crippen LogP contribution in [0, 0.1) is 17.5 Å². The number of benzene rings is 1. The minimum atomic E-state index is -1.52. The van der Waals surface area contributed by atoms with Crippen molar-refractivity contribution in [2.45, 2.75) is 19.4 Å². The largest absolute Gasteiger partial charge is 0.368 e. The molecule has 1 aromatic heterocycles. The molecule has 0 aliphatic carbocycles. The lowest BCUT2D eigenvalue weighted by atomic mass is 10.1. The van der Waals surface area contributed by atoms with Crippen LogP contribution in [0.2, 0.25) is 0 Å². The third-order valence-electron chi connectivity index (χ3n) is 3.04. The molecule has 0 aliphatic rings. The summed E-state index contributed by atoms with van der Waals surface area (Å²) < 4.78 is 41.1. The maximum atomic E-state index is 13.6. The molecule has 106 valence electrons. The zero-order valence-corrected chi connectivity index (χ0v) is 10.6.